The molecule has 0 aliphatic carbocycles. The molecule has 0 fully saturated rings. The molecule has 3 rings (SSSR count). The number of nitrogens with two attached hydrogens (primary N) is 1. The summed E-state index contributed by atoms with van der Waals surface area (Å²) in [6.45, 7) is 0. The summed E-state index contributed by atoms with van der Waals surface area (Å²) in [4.78, 5) is 4.28. The molecule has 1 aromatic heterocycles. The van der Waals surface area contributed by atoms with E-state index in [1.807, 2.05) is 30.3 Å². The summed E-state index contributed by atoms with van der Waals surface area (Å²) in [7, 11) is 0. The molecule has 0 saturated carbocycles. The highest BCUT2D eigenvalue weighted by molar-refractivity contribution is 9.10. The Balaban J connectivity index is 2.02. The first-order valence-corrected chi connectivity index (χ1v) is 7.08. The number of rotatable bonds is 2. The van der Waals surface area contributed by atoms with E-state index in [0.29, 0.717) is 11.3 Å². The van der Waals surface area contributed by atoms with Crippen LogP contribution in [0.25, 0.3) is 10.9 Å². The standard InChI is InChI=1S/C16H11BrN4/c17-12-8-10(9-18)3-4-14(12)21-15-6-5-13-11(16(15)19)2-1-7-20-13/h1-8,21H,19H2. The Labute approximate surface area is 130 Å². The van der Waals surface area contributed by atoms with Crippen LogP contribution >= 0.6 is 15.9 Å². The second-order valence-electron chi connectivity index (χ2n) is 4.53. The van der Waals surface area contributed by atoms with E-state index in [1.165, 1.54) is 0 Å². The van der Waals surface area contributed by atoms with Crippen LogP contribution in [0.3, 0.4) is 0 Å². The second kappa shape index (κ2) is 5.43. The minimum Gasteiger partial charge on any atom is -0.396 e. The van der Waals surface area contributed by atoms with Gasteiger partial charge < -0.3 is 11.1 Å². The van der Waals surface area contributed by atoms with E-state index in [9.17, 15) is 0 Å². The van der Waals surface area contributed by atoms with Crippen molar-refractivity contribution < 1.29 is 0 Å². The largest absolute Gasteiger partial charge is 0.396 e. The average Bonchev–Trinajstić information content (AvgIpc) is 2.52. The first kappa shape index (κ1) is 13.4. The molecule has 0 saturated heterocycles. The van der Waals surface area contributed by atoms with Gasteiger partial charge in [0.1, 0.15) is 0 Å². The highest BCUT2D eigenvalue weighted by Gasteiger charge is 2.07. The molecule has 5 heteroatoms. The quantitative estimate of drug-likeness (QED) is 0.687. The number of aromatic nitrogens is 1. The Kier molecular flexibility index (Phi) is 3.46. The molecule has 3 N–H and O–H groups in total. The van der Waals surface area contributed by atoms with E-state index in [2.05, 4.69) is 32.3 Å². The van der Waals surface area contributed by atoms with Crippen LogP contribution < -0.4 is 11.1 Å². The van der Waals surface area contributed by atoms with Gasteiger partial charge in [-0.2, -0.15) is 5.26 Å². The summed E-state index contributed by atoms with van der Waals surface area (Å²) in [5.74, 6) is 0. The lowest BCUT2D eigenvalue weighted by atomic mass is 10.1. The number of nitrogens with zero attached hydrogens (tertiary/aromatic N) is 2. The summed E-state index contributed by atoms with van der Waals surface area (Å²) >= 11 is 3.45. The number of nitrogen functional groups attached to an aromatic ring is 1. The molecule has 21 heavy (non-hydrogen) atoms. The van der Waals surface area contributed by atoms with E-state index < -0.39 is 0 Å². The van der Waals surface area contributed by atoms with E-state index >= 15 is 0 Å². The van der Waals surface area contributed by atoms with Gasteiger partial charge in [-0.05, 0) is 58.4 Å². The Hall–Kier alpha value is -2.58. The Morgan fingerprint density at radius 1 is 1.14 bits per heavy atom. The fraction of sp³-hybridized carbons (Fsp3) is 0. The van der Waals surface area contributed by atoms with Gasteiger partial charge in [-0.1, -0.05) is 0 Å². The second-order valence-corrected chi connectivity index (χ2v) is 5.38. The van der Waals surface area contributed by atoms with Crippen LogP contribution in [0.4, 0.5) is 17.1 Å². The molecule has 0 unspecified atom stereocenters. The number of halogens is 1. The van der Waals surface area contributed by atoms with Crippen molar-refractivity contribution in [3.63, 3.8) is 0 Å². The third-order valence-electron chi connectivity index (χ3n) is 3.19. The van der Waals surface area contributed by atoms with Crippen LogP contribution in [-0.2, 0) is 0 Å². The van der Waals surface area contributed by atoms with E-state index in [0.717, 1.165) is 26.8 Å². The zero-order valence-electron chi connectivity index (χ0n) is 11.0. The van der Waals surface area contributed by atoms with Crippen molar-refractivity contribution in [2.45, 2.75) is 0 Å². The number of hydrogen-bond donors (Lipinski definition) is 2. The van der Waals surface area contributed by atoms with Crippen molar-refractivity contribution in [2.24, 2.45) is 0 Å². The lowest BCUT2D eigenvalue weighted by Crippen LogP contribution is -1.98. The van der Waals surface area contributed by atoms with Crippen molar-refractivity contribution in [3.8, 4) is 6.07 Å². The van der Waals surface area contributed by atoms with E-state index in [4.69, 9.17) is 11.0 Å². The number of pyridine rings is 1. The Morgan fingerprint density at radius 3 is 2.71 bits per heavy atom. The molecule has 0 aliphatic rings. The smallest absolute Gasteiger partial charge is 0.0992 e. The van der Waals surface area contributed by atoms with Gasteiger partial charge in [0, 0.05) is 16.1 Å². The third-order valence-corrected chi connectivity index (χ3v) is 3.85. The molecule has 0 bridgehead atoms. The molecule has 4 nitrogen and oxygen atoms in total. The maximum absolute atomic E-state index is 8.89. The van der Waals surface area contributed by atoms with Crippen LogP contribution in [0.5, 0.6) is 0 Å². The molecule has 1 heterocycles. The van der Waals surface area contributed by atoms with Gasteiger partial charge in [0.15, 0.2) is 0 Å². The summed E-state index contributed by atoms with van der Waals surface area (Å²) in [6, 6.07) is 15.1. The topological polar surface area (TPSA) is 74.7 Å². The minimum atomic E-state index is 0.600. The third kappa shape index (κ3) is 2.54. The van der Waals surface area contributed by atoms with E-state index in [1.54, 1.807) is 18.3 Å². The maximum atomic E-state index is 8.89. The van der Waals surface area contributed by atoms with Crippen LogP contribution in [0.1, 0.15) is 5.56 Å². The average molecular weight is 339 g/mol. The van der Waals surface area contributed by atoms with Gasteiger partial charge in [-0.25, -0.2) is 0 Å². The highest BCUT2D eigenvalue weighted by Crippen LogP contribution is 2.32. The number of hydrogen-bond acceptors (Lipinski definition) is 4. The molecule has 0 atom stereocenters. The van der Waals surface area contributed by atoms with Gasteiger partial charge in [-0.3, -0.25) is 4.98 Å². The lowest BCUT2D eigenvalue weighted by Gasteiger charge is -2.12. The number of nitriles is 1. The molecular formula is C16H11BrN4. The number of benzene rings is 2. The number of nitrogens with one attached hydrogen (secondary N) is 1. The first-order valence-electron chi connectivity index (χ1n) is 6.29. The van der Waals surface area contributed by atoms with Gasteiger partial charge >= 0.3 is 0 Å². The molecule has 3 aromatic rings. The SMILES string of the molecule is N#Cc1ccc(Nc2ccc3ncccc3c2N)c(Br)c1. The Morgan fingerprint density at radius 2 is 1.95 bits per heavy atom. The summed E-state index contributed by atoms with van der Waals surface area (Å²) in [5.41, 5.74) is 9.97. The van der Waals surface area contributed by atoms with Crippen LogP contribution in [0.2, 0.25) is 0 Å². The zero-order chi connectivity index (χ0) is 14.8. The van der Waals surface area contributed by atoms with Crippen molar-refractivity contribution >= 4 is 43.9 Å². The van der Waals surface area contributed by atoms with Gasteiger partial charge in [-0.15, -0.1) is 0 Å². The predicted molar refractivity (Wildman–Crippen MR) is 88.3 cm³/mol. The lowest BCUT2D eigenvalue weighted by molar-refractivity contribution is 1.41. The molecule has 0 spiro atoms. The monoisotopic (exact) mass is 338 g/mol. The summed E-state index contributed by atoms with van der Waals surface area (Å²) < 4.78 is 0.812. The molecule has 0 amide bonds. The fourth-order valence-corrected chi connectivity index (χ4v) is 2.59. The number of fused-ring (bicyclic) bond motifs is 1. The van der Waals surface area contributed by atoms with Crippen molar-refractivity contribution in [3.05, 3.63) is 58.7 Å². The molecule has 102 valence electrons. The molecular weight excluding hydrogens is 328 g/mol. The predicted octanol–water partition coefficient (Wildman–Crippen LogP) is 4.19. The van der Waals surface area contributed by atoms with Crippen LogP contribution in [-0.4, -0.2) is 4.98 Å². The number of anilines is 3. The molecule has 0 aliphatic heterocycles. The molecule has 2 aromatic carbocycles. The van der Waals surface area contributed by atoms with Gasteiger partial charge in [0.05, 0.1) is 34.2 Å². The van der Waals surface area contributed by atoms with Gasteiger partial charge in [0.25, 0.3) is 0 Å². The fourth-order valence-electron chi connectivity index (χ4n) is 2.12. The van der Waals surface area contributed by atoms with Gasteiger partial charge in [0.2, 0.25) is 0 Å². The normalized spacial score (nSPS) is 10.3. The molecule has 0 radical (unpaired) electrons. The first-order chi connectivity index (χ1) is 10.2. The van der Waals surface area contributed by atoms with Crippen molar-refractivity contribution in [2.75, 3.05) is 11.1 Å². The Bertz CT molecular complexity index is 868. The summed E-state index contributed by atoms with van der Waals surface area (Å²) in [6.07, 6.45) is 1.74. The zero-order valence-corrected chi connectivity index (χ0v) is 12.6. The maximum Gasteiger partial charge on any atom is 0.0992 e. The van der Waals surface area contributed by atoms with E-state index in [-0.39, 0.29) is 0 Å². The van der Waals surface area contributed by atoms with Crippen molar-refractivity contribution in [1.82, 2.24) is 4.98 Å². The van der Waals surface area contributed by atoms with Crippen LogP contribution in [0, 0.1) is 11.3 Å². The van der Waals surface area contributed by atoms with Crippen LogP contribution in [0.15, 0.2) is 53.1 Å². The minimum absolute atomic E-state index is 0.600. The highest BCUT2D eigenvalue weighted by atomic mass is 79.9. The summed E-state index contributed by atoms with van der Waals surface area (Å²) in [5, 5.41) is 13.1. The van der Waals surface area contributed by atoms with Crippen molar-refractivity contribution in [1.29, 1.82) is 5.26 Å².